The normalized spacial score (nSPS) is 22.2. The smallest absolute Gasteiger partial charge is 0.0389 e. The minimum Gasteiger partial charge on any atom is -0.305 e. The molecule has 3 rings (SSSR count). The van der Waals surface area contributed by atoms with Crippen LogP contribution in [-0.2, 0) is 0 Å². The van der Waals surface area contributed by atoms with E-state index in [-0.39, 0.29) is 0 Å². The van der Waals surface area contributed by atoms with E-state index in [4.69, 9.17) is 0 Å². The van der Waals surface area contributed by atoms with E-state index in [1.165, 1.54) is 47.4 Å². The van der Waals surface area contributed by atoms with Crippen molar-refractivity contribution in [3.63, 3.8) is 0 Å². The molecule has 2 aromatic rings. The van der Waals surface area contributed by atoms with Crippen LogP contribution in [0.3, 0.4) is 0 Å². The first kappa shape index (κ1) is 14.1. The third-order valence-corrected chi connectivity index (χ3v) is 5.61. The molecule has 2 heterocycles. The topological polar surface area (TPSA) is 15.3 Å². The Balaban J connectivity index is 1.67. The third-order valence-electron chi connectivity index (χ3n) is 4.31. The summed E-state index contributed by atoms with van der Waals surface area (Å²) in [6.45, 7) is 8.21. The number of piperidine rings is 1. The van der Waals surface area contributed by atoms with E-state index in [2.05, 4.69) is 54.4 Å². The van der Waals surface area contributed by atoms with Gasteiger partial charge in [0, 0.05) is 28.2 Å². The Hall–Kier alpha value is -0.900. The van der Waals surface area contributed by atoms with Crippen LogP contribution in [0, 0.1) is 0 Å². The maximum atomic E-state index is 3.83. The second kappa shape index (κ2) is 6.25. The molecule has 0 saturated carbocycles. The second-order valence-corrected chi connectivity index (χ2v) is 6.92. The summed E-state index contributed by atoms with van der Waals surface area (Å²) in [4.78, 5) is 4.01. The SMILES string of the molecule is CCN1CCCC(NC(C)c2cc3ccccc3s2)C1. The number of thiophene rings is 1. The molecule has 0 radical (unpaired) electrons. The molecule has 0 bridgehead atoms. The van der Waals surface area contributed by atoms with Gasteiger partial charge in [0.2, 0.25) is 0 Å². The fourth-order valence-corrected chi connectivity index (χ4v) is 4.21. The standard InChI is InChI=1S/C17H24N2S/c1-3-19-10-6-8-15(12-19)18-13(2)17-11-14-7-4-5-9-16(14)20-17/h4-5,7,9,11,13,15,18H,3,6,8,10,12H2,1-2H3. The monoisotopic (exact) mass is 288 g/mol. The highest BCUT2D eigenvalue weighted by Gasteiger charge is 2.21. The van der Waals surface area contributed by atoms with Gasteiger partial charge < -0.3 is 10.2 Å². The summed E-state index contributed by atoms with van der Waals surface area (Å²) < 4.78 is 1.40. The lowest BCUT2D eigenvalue weighted by atomic mass is 10.0. The van der Waals surface area contributed by atoms with Gasteiger partial charge in [-0.05, 0) is 50.4 Å². The van der Waals surface area contributed by atoms with Crippen LogP contribution in [-0.4, -0.2) is 30.6 Å². The molecule has 3 heteroatoms. The molecule has 2 unspecified atom stereocenters. The van der Waals surface area contributed by atoms with E-state index in [1.54, 1.807) is 0 Å². The number of nitrogens with zero attached hydrogens (tertiary/aromatic N) is 1. The Bertz CT molecular complexity index is 530. The van der Waals surface area contributed by atoms with Crippen molar-refractivity contribution >= 4 is 21.4 Å². The predicted octanol–water partition coefficient (Wildman–Crippen LogP) is 4.04. The fraction of sp³-hybridized carbons (Fsp3) is 0.529. The zero-order valence-electron chi connectivity index (χ0n) is 12.4. The van der Waals surface area contributed by atoms with Crippen molar-refractivity contribution in [2.24, 2.45) is 0 Å². The number of hydrogen-bond donors (Lipinski definition) is 1. The van der Waals surface area contributed by atoms with Crippen molar-refractivity contribution < 1.29 is 0 Å². The molecule has 0 spiro atoms. The van der Waals surface area contributed by atoms with E-state index < -0.39 is 0 Å². The van der Waals surface area contributed by atoms with Crippen molar-refractivity contribution in [1.82, 2.24) is 10.2 Å². The maximum absolute atomic E-state index is 3.83. The third kappa shape index (κ3) is 3.05. The quantitative estimate of drug-likeness (QED) is 0.913. The van der Waals surface area contributed by atoms with Crippen molar-refractivity contribution in [3.8, 4) is 0 Å². The highest BCUT2D eigenvalue weighted by molar-refractivity contribution is 7.19. The molecule has 20 heavy (non-hydrogen) atoms. The molecule has 0 aliphatic carbocycles. The summed E-state index contributed by atoms with van der Waals surface area (Å²) in [7, 11) is 0. The molecule has 1 fully saturated rings. The molecule has 108 valence electrons. The van der Waals surface area contributed by atoms with E-state index in [0.29, 0.717) is 12.1 Å². The van der Waals surface area contributed by atoms with E-state index >= 15 is 0 Å². The number of rotatable bonds is 4. The minimum atomic E-state index is 0.453. The first-order valence-electron chi connectivity index (χ1n) is 7.73. The summed E-state index contributed by atoms with van der Waals surface area (Å²) in [5.41, 5.74) is 0. The lowest BCUT2D eigenvalue weighted by Gasteiger charge is -2.33. The van der Waals surface area contributed by atoms with Crippen molar-refractivity contribution in [2.45, 2.75) is 38.8 Å². The fourth-order valence-electron chi connectivity index (χ4n) is 3.13. The summed E-state index contributed by atoms with van der Waals surface area (Å²) >= 11 is 1.92. The Morgan fingerprint density at radius 3 is 3.05 bits per heavy atom. The van der Waals surface area contributed by atoms with Gasteiger partial charge in [0.15, 0.2) is 0 Å². The molecule has 1 aliphatic heterocycles. The number of likely N-dealkylation sites (N-methyl/N-ethyl adjacent to an activating group) is 1. The number of likely N-dealkylation sites (tertiary alicyclic amines) is 1. The van der Waals surface area contributed by atoms with Crippen LogP contribution >= 0.6 is 11.3 Å². The maximum Gasteiger partial charge on any atom is 0.0389 e. The van der Waals surface area contributed by atoms with E-state index in [0.717, 1.165) is 0 Å². The van der Waals surface area contributed by atoms with Gasteiger partial charge in [-0.2, -0.15) is 0 Å². The zero-order chi connectivity index (χ0) is 13.9. The second-order valence-electron chi connectivity index (χ2n) is 5.81. The first-order valence-corrected chi connectivity index (χ1v) is 8.55. The molecule has 1 aromatic heterocycles. The largest absolute Gasteiger partial charge is 0.305 e. The van der Waals surface area contributed by atoms with Crippen LogP contribution in [0.25, 0.3) is 10.1 Å². The molecule has 1 saturated heterocycles. The van der Waals surface area contributed by atoms with Crippen molar-refractivity contribution in [3.05, 3.63) is 35.2 Å². The lowest BCUT2D eigenvalue weighted by Crippen LogP contribution is -2.46. The molecule has 2 atom stereocenters. The zero-order valence-corrected chi connectivity index (χ0v) is 13.2. The van der Waals surface area contributed by atoms with Crippen LogP contribution in [0.4, 0.5) is 0 Å². The minimum absolute atomic E-state index is 0.453. The highest BCUT2D eigenvalue weighted by atomic mass is 32.1. The molecular formula is C17H24N2S. The molecule has 1 aromatic carbocycles. The number of benzene rings is 1. The summed E-state index contributed by atoms with van der Waals surface area (Å²) in [5, 5.41) is 5.20. The molecule has 1 N–H and O–H groups in total. The Labute approximate surface area is 125 Å². The Morgan fingerprint density at radius 1 is 1.40 bits per heavy atom. The van der Waals surface area contributed by atoms with Gasteiger partial charge in [0.1, 0.15) is 0 Å². The molecular weight excluding hydrogens is 264 g/mol. The number of fused-ring (bicyclic) bond motifs is 1. The van der Waals surface area contributed by atoms with Gasteiger partial charge in [0.05, 0.1) is 0 Å². The van der Waals surface area contributed by atoms with Gasteiger partial charge in [0.25, 0.3) is 0 Å². The summed E-state index contributed by atoms with van der Waals surface area (Å²) in [6.07, 6.45) is 2.64. The van der Waals surface area contributed by atoms with Gasteiger partial charge in [-0.3, -0.25) is 0 Å². The summed E-state index contributed by atoms with van der Waals surface area (Å²) in [5.74, 6) is 0. The first-order chi connectivity index (χ1) is 9.76. The van der Waals surface area contributed by atoms with Crippen LogP contribution < -0.4 is 5.32 Å². The highest BCUT2D eigenvalue weighted by Crippen LogP contribution is 2.30. The average molecular weight is 288 g/mol. The Morgan fingerprint density at radius 2 is 2.25 bits per heavy atom. The van der Waals surface area contributed by atoms with E-state index in [1.807, 2.05) is 11.3 Å². The summed E-state index contributed by atoms with van der Waals surface area (Å²) in [6, 6.07) is 12.1. The van der Waals surface area contributed by atoms with Crippen molar-refractivity contribution in [1.29, 1.82) is 0 Å². The van der Waals surface area contributed by atoms with Crippen LogP contribution in [0.5, 0.6) is 0 Å². The number of nitrogens with one attached hydrogen (secondary N) is 1. The van der Waals surface area contributed by atoms with Gasteiger partial charge in [-0.1, -0.05) is 25.1 Å². The van der Waals surface area contributed by atoms with Crippen molar-refractivity contribution in [2.75, 3.05) is 19.6 Å². The van der Waals surface area contributed by atoms with E-state index in [9.17, 15) is 0 Å². The number of hydrogen-bond acceptors (Lipinski definition) is 3. The molecule has 2 nitrogen and oxygen atoms in total. The predicted molar refractivity (Wildman–Crippen MR) is 88.5 cm³/mol. The van der Waals surface area contributed by atoms with Gasteiger partial charge >= 0.3 is 0 Å². The molecule has 0 amide bonds. The van der Waals surface area contributed by atoms with Crippen LogP contribution in [0.2, 0.25) is 0 Å². The van der Waals surface area contributed by atoms with Gasteiger partial charge in [-0.15, -0.1) is 11.3 Å². The van der Waals surface area contributed by atoms with Crippen LogP contribution in [0.15, 0.2) is 30.3 Å². The Kier molecular flexibility index (Phi) is 4.39. The van der Waals surface area contributed by atoms with Gasteiger partial charge in [-0.25, -0.2) is 0 Å². The average Bonchev–Trinajstić information content (AvgIpc) is 2.91. The van der Waals surface area contributed by atoms with Crippen LogP contribution in [0.1, 0.15) is 37.6 Å². The molecule has 1 aliphatic rings. The lowest BCUT2D eigenvalue weighted by molar-refractivity contribution is 0.192.